The summed E-state index contributed by atoms with van der Waals surface area (Å²) in [7, 11) is 0. The number of carbonyl (C=O) groups is 2. The van der Waals surface area contributed by atoms with Crippen LogP contribution in [0, 0.1) is 0 Å². The van der Waals surface area contributed by atoms with Crippen molar-refractivity contribution in [1.29, 1.82) is 0 Å². The molecule has 0 saturated heterocycles. The summed E-state index contributed by atoms with van der Waals surface area (Å²) in [6, 6.07) is 7.81. The van der Waals surface area contributed by atoms with Crippen molar-refractivity contribution in [2.24, 2.45) is 0 Å². The van der Waals surface area contributed by atoms with Crippen LogP contribution in [0.3, 0.4) is 0 Å². The predicted octanol–water partition coefficient (Wildman–Crippen LogP) is 1.03. The highest BCUT2D eigenvalue weighted by atomic mass is 16.4. The van der Waals surface area contributed by atoms with E-state index in [1.165, 1.54) is 0 Å². The van der Waals surface area contributed by atoms with Crippen molar-refractivity contribution in [1.82, 2.24) is 5.32 Å². The number of hydrogen-bond acceptors (Lipinski definition) is 3. The maximum Gasteiger partial charge on any atom is 0.304 e. The highest BCUT2D eigenvalue weighted by Gasteiger charge is 2.01. The van der Waals surface area contributed by atoms with Crippen LogP contribution < -0.4 is 5.32 Å². The third kappa shape index (κ3) is 5.26. The molecule has 0 saturated carbocycles. The van der Waals surface area contributed by atoms with Gasteiger partial charge in [0.1, 0.15) is 6.29 Å². The van der Waals surface area contributed by atoms with Gasteiger partial charge >= 0.3 is 5.97 Å². The molecule has 0 heterocycles. The Morgan fingerprint density at radius 3 is 2.59 bits per heavy atom. The fourth-order valence-corrected chi connectivity index (χ4v) is 1.63. The summed E-state index contributed by atoms with van der Waals surface area (Å²) < 4.78 is 0. The molecule has 1 aromatic carbocycles. The molecule has 0 aromatic heterocycles. The predicted molar refractivity (Wildman–Crippen MR) is 65.0 cm³/mol. The monoisotopic (exact) mass is 235 g/mol. The van der Waals surface area contributed by atoms with Gasteiger partial charge in [-0.2, -0.15) is 0 Å². The molecule has 4 heteroatoms. The molecular weight excluding hydrogens is 218 g/mol. The highest BCUT2D eigenvalue weighted by Crippen LogP contribution is 2.08. The van der Waals surface area contributed by atoms with Gasteiger partial charge in [-0.15, -0.1) is 0 Å². The molecule has 1 rings (SSSR count). The third-order valence-corrected chi connectivity index (χ3v) is 2.51. The van der Waals surface area contributed by atoms with Gasteiger partial charge in [-0.05, 0) is 24.1 Å². The number of benzene rings is 1. The van der Waals surface area contributed by atoms with E-state index in [0.717, 1.165) is 30.4 Å². The van der Waals surface area contributed by atoms with Gasteiger partial charge in [-0.25, -0.2) is 0 Å². The van der Waals surface area contributed by atoms with Gasteiger partial charge in [0.05, 0.1) is 6.42 Å². The van der Waals surface area contributed by atoms with Crippen molar-refractivity contribution in [3.63, 3.8) is 0 Å². The van der Waals surface area contributed by atoms with Crippen LogP contribution >= 0.6 is 0 Å². The minimum Gasteiger partial charge on any atom is -0.481 e. The molecule has 17 heavy (non-hydrogen) atoms. The van der Waals surface area contributed by atoms with Gasteiger partial charge in [-0.1, -0.05) is 24.3 Å². The number of aliphatic carboxylic acids is 1. The van der Waals surface area contributed by atoms with E-state index in [1.807, 2.05) is 24.3 Å². The minimum absolute atomic E-state index is 0.135. The molecule has 0 amide bonds. The molecule has 4 nitrogen and oxygen atoms in total. The molecule has 2 N–H and O–H groups in total. The van der Waals surface area contributed by atoms with Crippen molar-refractivity contribution < 1.29 is 14.7 Å². The molecule has 0 fully saturated rings. The van der Waals surface area contributed by atoms with Crippen LogP contribution in [0.2, 0.25) is 0 Å². The van der Waals surface area contributed by atoms with Gasteiger partial charge in [0.25, 0.3) is 0 Å². The van der Waals surface area contributed by atoms with Crippen molar-refractivity contribution in [3.8, 4) is 0 Å². The molecule has 0 aliphatic rings. The fourth-order valence-electron chi connectivity index (χ4n) is 1.63. The first-order valence-corrected chi connectivity index (χ1v) is 5.67. The van der Waals surface area contributed by atoms with Crippen molar-refractivity contribution in [3.05, 3.63) is 35.4 Å². The number of nitrogens with one attached hydrogen (secondary N) is 1. The average molecular weight is 235 g/mol. The van der Waals surface area contributed by atoms with E-state index in [4.69, 9.17) is 5.11 Å². The van der Waals surface area contributed by atoms with E-state index in [2.05, 4.69) is 5.32 Å². The van der Waals surface area contributed by atoms with E-state index < -0.39 is 5.97 Å². The fraction of sp³-hybridized carbons (Fsp3) is 0.385. The average Bonchev–Trinajstić information content (AvgIpc) is 2.31. The Kier molecular flexibility index (Phi) is 5.96. The maximum absolute atomic E-state index is 10.5. The van der Waals surface area contributed by atoms with Gasteiger partial charge in [0.15, 0.2) is 0 Å². The highest BCUT2D eigenvalue weighted by molar-refractivity contribution is 5.66. The largest absolute Gasteiger partial charge is 0.481 e. The summed E-state index contributed by atoms with van der Waals surface area (Å²) in [6.45, 7) is 1.20. The van der Waals surface area contributed by atoms with Crippen molar-refractivity contribution in [2.45, 2.75) is 19.3 Å². The molecule has 0 spiro atoms. The van der Waals surface area contributed by atoms with Crippen LogP contribution in [0.25, 0.3) is 0 Å². The van der Waals surface area contributed by atoms with E-state index in [-0.39, 0.29) is 6.42 Å². The SMILES string of the molecule is O=CCc1ccccc1CCNCCC(=O)O. The molecule has 0 aliphatic carbocycles. The second-order valence-corrected chi connectivity index (χ2v) is 3.78. The Morgan fingerprint density at radius 1 is 1.24 bits per heavy atom. The van der Waals surface area contributed by atoms with E-state index >= 15 is 0 Å². The molecule has 0 bridgehead atoms. The van der Waals surface area contributed by atoms with Crippen LogP contribution in [0.1, 0.15) is 17.5 Å². The van der Waals surface area contributed by atoms with Crippen LogP contribution in [-0.4, -0.2) is 30.5 Å². The normalized spacial score (nSPS) is 10.1. The molecule has 0 atom stereocenters. The smallest absolute Gasteiger partial charge is 0.304 e. The Labute approximate surface area is 101 Å². The summed E-state index contributed by atoms with van der Waals surface area (Å²) >= 11 is 0. The Hall–Kier alpha value is -1.68. The number of hydrogen-bond donors (Lipinski definition) is 2. The van der Waals surface area contributed by atoms with Gasteiger partial charge in [-0.3, -0.25) is 4.79 Å². The zero-order valence-corrected chi connectivity index (χ0v) is 9.69. The quantitative estimate of drug-likeness (QED) is 0.522. The van der Waals surface area contributed by atoms with E-state index in [9.17, 15) is 9.59 Å². The first-order valence-electron chi connectivity index (χ1n) is 5.67. The molecule has 92 valence electrons. The summed E-state index contributed by atoms with van der Waals surface area (Å²) in [6.07, 6.45) is 2.28. The molecular formula is C13H17NO3. The van der Waals surface area contributed by atoms with Crippen molar-refractivity contribution >= 4 is 12.3 Å². The van der Waals surface area contributed by atoms with Gasteiger partial charge in [0, 0.05) is 13.0 Å². The molecule has 1 aromatic rings. The second kappa shape index (κ2) is 7.57. The summed E-state index contributed by atoms with van der Waals surface area (Å²) in [5.74, 6) is -0.793. The van der Waals surface area contributed by atoms with Crippen LogP contribution in [0.4, 0.5) is 0 Å². The lowest BCUT2D eigenvalue weighted by molar-refractivity contribution is -0.136. The van der Waals surface area contributed by atoms with E-state index in [1.54, 1.807) is 0 Å². The van der Waals surface area contributed by atoms with Crippen LogP contribution in [0.5, 0.6) is 0 Å². The second-order valence-electron chi connectivity index (χ2n) is 3.78. The Bertz CT molecular complexity index is 377. The number of carbonyl (C=O) groups excluding carboxylic acids is 1. The summed E-state index contributed by atoms with van der Waals surface area (Å²) in [5, 5.41) is 11.5. The third-order valence-electron chi connectivity index (χ3n) is 2.51. The Morgan fingerprint density at radius 2 is 1.94 bits per heavy atom. The molecule has 0 radical (unpaired) electrons. The summed E-state index contributed by atoms with van der Waals surface area (Å²) in [4.78, 5) is 20.8. The first kappa shape index (κ1) is 13.4. The first-order chi connectivity index (χ1) is 8.24. The van der Waals surface area contributed by atoms with Gasteiger partial charge in [0.2, 0.25) is 0 Å². The Balaban J connectivity index is 2.35. The topological polar surface area (TPSA) is 66.4 Å². The lowest BCUT2D eigenvalue weighted by atomic mass is 10.0. The minimum atomic E-state index is -0.793. The lowest BCUT2D eigenvalue weighted by Crippen LogP contribution is -2.21. The van der Waals surface area contributed by atoms with Crippen LogP contribution in [-0.2, 0) is 22.4 Å². The molecule has 0 aliphatic heterocycles. The number of aldehydes is 1. The number of rotatable bonds is 8. The van der Waals surface area contributed by atoms with Crippen molar-refractivity contribution in [2.75, 3.05) is 13.1 Å². The van der Waals surface area contributed by atoms with E-state index in [0.29, 0.717) is 13.0 Å². The molecule has 0 unspecified atom stereocenters. The number of carboxylic acid groups (broad SMARTS) is 1. The lowest BCUT2D eigenvalue weighted by Gasteiger charge is -2.07. The zero-order chi connectivity index (χ0) is 12.5. The summed E-state index contributed by atoms with van der Waals surface area (Å²) in [5.41, 5.74) is 2.19. The number of carboxylic acids is 1. The van der Waals surface area contributed by atoms with Gasteiger partial charge < -0.3 is 15.2 Å². The van der Waals surface area contributed by atoms with Crippen LogP contribution in [0.15, 0.2) is 24.3 Å². The zero-order valence-electron chi connectivity index (χ0n) is 9.69. The standard InChI is InChI=1S/C13H17NO3/c15-10-7-12-4-2-1-3-11(12)5-8-14-9-6-13(16)17/h1-4,10,14H,5-9H2,(H,16,17). The maximum atomic E-state index is 10.5.